The van der Waals surface area contributed by atoms with Gasteiger partial charge in [-0.3, -0.25) is 9.69 Å². The molecule has 0 spiro atoms. The molecule has 2 aromatic carbocycles. The highest BCUT2D eigenvalue weighted by molar-refractivity contribution is 7.22. The standard InChI is InChI=1S/C22H26ClN3O2S.ClH/c1-4-25(5-2)12-13-26(21(27)15-28-18-9-7-17(23)8-10-18)22-24-19-11-6-16(3)14-20(19)29-22;/h6-11,14H,4-5,12-13,15H2,1-3H3;1H. The van der Waals surface area contributed by atoms with Crippen LogP contribution in [0.4, 0.5) is 5.13 Å². The summed E-state index contributed by atoms with van der Waals surface area (Å²) >= 11 is 7.45. The SMILES string of the molecule is CCN(CC)CCN(C(=O)COc1ccc(Cl)cc1)c1nc2ccc(C)cc2s1.Cl. The first-order valence-electron chi connectivity index (χ1n) is 9.78. The summed E-state index contributed by atoms with van der Waals surface area (Å²) in [6.07, 6.45) is 0. The van der Waals surface area contributed by atoms with Crippen LogP contribution in [-0.4, -0.2) is 48.6 Å². The number of nitrogens with zero attached hydrogens (tertiary/aromatic N) is 3. The number of amides is 1. The molecule has 0 unspecified atom stereocenters. The minimum Gasteiger partial charge on any atom is -0.484 e. The molecular formula is C22H27Cl2N3O2S. The Morgan fingerprint density at radius 3 is 2.47 bits per heavy atom. The van der Waals surface area contributed by atoms with Gasteiger partial charge in [0.05, 0.1) is 10.2 Å². The summed E-state index contributed by atoms with van der Waals surface area (Å²) in [5.74, 6) is 0.509. The number of carbonyl (C=O) groups is 1. The molecule has 0 radical (unpaired) electrons. The van der Waals surface area contributed by atoms with Crippen LogP contribution in [-0.2, 0) is 4.79 Å². The molecule has 0 aliphatic rings. The third kappa shape index (κ3) is 6.32. The average molecular weight is 468 g/mol. The van der Waals surface area contributed by atoms with Gasteiger partial charge in [0.15, 0.2) is 11.7 Å². The fraction of sp³-hybridized carbons (Fsp3) is 0.364. The van der Waals surface area contributed by atoms with Crippen molar-refractivity contribution >= 4 is 56.6 Å². The van der Waals surface area contributed by atoms with E-state index in [4.69, 9.17) is 21.3 Å². The molecule has 3 rings (SSSR count). The maximum atomic E-state index is 13.0. The van der Waals surface area contributed by atoms with Gasteiger partial charge in [0.2, 0.25) is 0 Å². The van der Waals surface area contributed by atoms with Crippen LogP contribution in [0.1, 0.15) is 19.4 Å². The molecule has 0 bridgehead atoms. The van der Waals surface area contributed by atoms with Crippen molar-refractivity contribution in [3.05, 3.63) is 53.1 Å². The van der Waals surface area contributed by atoms with E-state index in [1.807, 2.05) is 12.1 Å². The van der Waals surface area contributed by atoms with Gasteiger partial charge in [0, 0.05) is 18.1 Å². The van der Waals surface area contributed by atoms with E-state index in [-0.39, 0.29) is 24.9 Å². The van der Waals surface area contributed by atoms with E-state index < -0.39 is 0 Å². The number of carbonyl (C=O) groups excluding carboxylic acids is 1. The molecule has 0 atom stereocenters. The van der Waals surface area contributed by atoms with Crippen LogP contribution < -0.4 is 9.64 Å². The second-order valence-corrected chi connectivity index (χ2v) is 8.23. The van der Waals surface area contributed by atoms with Gasteiger partial charge in [-0.15, -0.1) is 12.4 Å². The van der Waals surface area contributed by atoms with Gasteiger partial charge in [-0.1, -0.05) is 42.9 Å². The lowest BCUT2D eigenvalue weighted by molar-refractivity contribution is -0.120. The molecule has 5 nitrogen and oxygen atoms in total. The topological polar surface area (TPSA) is 45.7 Å². The van der Waals surface area contributed by atoms with Crippen LogP contribution in [0, 0.1) is 6.92 Å². The number of ether oxygens (including phenoxy) is 1. The maximum absolute atomic E-state index is 13.0. The number of anilines is 1. The Kier molecular flexibility index (Phi) is 9.37. The van der Waals surface area contributed by atoms with Gasteiger partial charge in [0.1, 0.15) is 5.75 Å². The van der Waals surface area contributed by atoms with E-state index in [0.29, 0.717) is 22.4 Å². The normalized spacial score (nSPS) is 10.8. The monoisotopic (exact) mass is 467 g/mol. The molecule has 0 aliphatic heterocycles. The Morgan fingerprint density at radius 2 is 1.80 bits per heavy atom. The molecule has 1 amide bonds. The van der Waals surface area contributed by atoms with E-state index in [2.05, 4.69) is 31.7 Å². The average Bonchev–Trinajstić information content (AvgIpc) is 3.13. The quantitative estimate of drug-likeness (QED) is 0.420. The highest BCUT2D eigenvalue weighted by atomic mass is 35.5. The number of hydrogen-bond donors (Lipinski definition) is 0. The summed E-state index contributed by atoms with van der Waals surface area (Å²) in [4.78, 5) is 21.8. The molecule has 8 heteroatoms. The Hall–Kier alpha value is -1.86. The number of aromatic nitrogens is 1. The van der Waals surface area contributed by atoms with Crippen molar-refractivity contribution < 1.29 is 9.53 Å². The van der Waals surface area contributed by atoms with Crippen molar-refractivity contribution in [1.29, 1.82) is 0 Å². The summed E-state index contributed by atoms with van der Waals surface area (Å²) in [6.45, 7) is 9.51. The lowest BCUT2D eigenvalue weighted by Crippen LogP contribution is -2.41. The molecule has 0 fully saturated rings. The molecule has 1 aromatic heterocycles. The lowest BCUT2D eigenvalue weighted by Gasteiger charge is -2.24. The van der Waals surface area contributed by atoms with Crippen LogP contribution in [0.3, 0.4) is 0 Å². The molecule has 0 aliphatic carbocycles. The second kappa shape index (κ2) is 11.5. The summed E-state index contributed by atoms with van der Waals surface area (Å²) in [7, 11) is 0. The molecular weight excluding hydrogens is 441 g/mol. The smallest absolute Gasteiger partial charge is 0.266 e. The number of benzene rings is 2. The van der Waals surface area contributed by atoms with Gasteiger partial charge in [-0.25, -0.2) is 4.98 Å². The predicted octanol–water partition coefficient (Wildman–Crippen LogP) is 5.43. The molecule has 0 N–H and O–H groups in total. The fourth-order valence-corrected chi connectivity index (χ4v) is 4.23. The zero-order valence-corrected chi connectivity index (χ0v) is 19.8. The third-order valence-electron chi connectivity index (χ3n) is 4.77. The predicted molar refractivity (Wildman–Crippen MR) is 129 cm³/mol. The molecule has 0 saturated heterocycles. The van der Waals surface area contributed by atoms with Crippen molar-refractivity contribution in [1.82, 2.24) is 9.88 Å². The number of hydrogen-bond acceptors (Lipinski definition) is 5. The van der Waals surface area contributed by atoms with Crippen LogP contribution in [0.15, 0.2) is 42.5 Å². The van der Waals surface area contributed by atoms with Crippen molar-refractivity contribution in [2.75, 3.05) is 37.7 Å². The Bertz CT molecular complexity index is 959. The third-order valence-corrected chi connectivity index (χ3v) is 6.07. The first kappa shape index (κ1) is 24.4. The number of aryl methyl sites for hydroxylation is 1. The molecule has 162 valence electrons. The molecule has 30 heavy (non-hydrogen) atoms. The Morgan fingerprint density at radius 1 is 1.10 bits per heavy atom. The van der Waals surface area contributed by atoms with Gasteiger partial charge in [0.25, 0.3) is 5.91 Å². The lowest BCUT2D eigenvalue weighted by atomic mass is 10.2. The highest BCUT2D eigenvalue weighted by Crippen LogP contribution is 2.29. The fourth-order valence-electron chi connectivity index (χ4n) is 3.00. The van der Waals surface area contributed by atoms with Gasteiger partial charge in [-0.05, 0) is 62.0 Å². The van der Waals surface area contributed by atoms with Crippen LogP contribution >= 0.6 is 35.3 Å². The van der Waals surface area contributed by atoms with Crippen LogP contribution in [0.25, 0.3) is 10.2 Å². The zero-order chi connectivity index (χ0) is 20.8. The first-order chi connectivity index (χ1) is 14.0. The minimum atomic E-state index is -0.108. The number of halogens is 2. The van der Waals surface area contributed by atoms with E-state index in [1.165, 1.54) is 5.56 Å². The van der Waals surface area contributed by atoms with Crippen molar-refractivity contribution in [2.24, 2.45) is 0 Å². The van der Waals surface area contributed by atoms with Crippen molar-refractivity contribution in [3.63, 3.8) is 0 Å². The Labute approximate surface area is 193 Å². The van der Waals surface area contributed by atoms with Crippen molar-refractivity contribution in [2.45, 2.75) is 20.8 Å². The number of rotatable bonds is 9. The second-order valence-electron chi connectivity index (χ2n) is 6.78. The zero-order valence-electron chi connectivity index (χ0n) is 17.4. The summed E-state index contributed by atoms with van der Waals surface area (Å²) in [5.41, 5.74) is 2.09. The largest absolute Gasteiger partial charge is 0.484 e. The minimum absolute atomic E-state index is 0. The number of thiazole rings is 1. The summed E-state index contributed by atoms with van der Waals surface area (Å²) in [5, 5.41) is 1.34. The van der Waals surface area contributed by atoms with E-state index in [1.54, 1.807) is 40.5 Å². The van der Waals surface area contributed by atoms with Gasteiger partial charge < -0.3 is 9.64 Å². The molecule has 1 heterocycles. The van der Waals surface area contributed by atoms with Gasteiger partial charge in [-0.2, -0.15) is 0 Å². The molecule has 3 aromatic rings. The van der Waals surface area contributed by atoms with E-state index in [9.17, 15) is 4.79 Å². The van der Waals surface area contributed by atoms with E-state index >= 15 is 0 Å². The maximum Gasteiger partial charge on any atom is 0.266 e. The summed E-state index contributed by atoms with van der Waals surface area (Å²) < 4.78 is 6.77. The number of likely N-dealkylation sites (N-methyl/N-ethyl adjacent to an activating group) is 1. The first-order valence-corrected chi connectivity index (χ1v) is 11.0. The Balaban J connectivity index is 0.00000320. The molecule has 0 saturated carbocycles. The number of fused-ring (bicyclic) bond motifs is 1. The van der Waals surface area contributed by atoms with Crippen LogP contribution in [0.2, 0.25) is 5.02 Å². The van der Waals surface area contributed by atoms with Gasteiger partial charge >= 0.3 is 0 Å². The van der Waals surface area contributed by atoms with Crippen LogP contribution in [0.5, 0.6) is 5.75 Å². The summed E-state index contributed by atoms with van der Waals surface area (Å²) in [6, 6.07) is 13.2. The van der Waals surface area contributed by atoms with E-state index in [0.717, 1.165) is 29.9 Å². The highest BCUT2D eigenvalue weighted by Gasteiger charge is 2.21. The van der Waals surface area contributed by atoms with Crippen molar-refractivity contribution in [3.8, 4) is 5.75 Å².